The molecule has 0 bridgehead atoms. The van der Waals surface area contributed by atoms with E-state index in [-0.39, 0.29) is 5.78 Å². The third kappa shape index (κ3) is 2.67. The Morgan fingerprint density at radius 1 is 1.22 bits per heavy atom. The number of Topliss-reactive ketones (excluding diaryl/α,β-unsaturated/α-hetero) is 1. The van der Waals surface area contributed by atoms with Crippen LogP contribution in [0.3, 0.4) is 0 Å². The quantitative estimate of drug-likeness (QED) is 0.804. The first-order valence-electron chi connectivity index (χ1n) is 5.91. The number of halogens is 1. The van der Waals surface area contributed by atoms with Crippen molar-refractivity contribution in [3.8, 4) is 5.75 Å². The molecule has 0 heterocycles. The zero-order chi connectivity index (χ0) is 13.0. The van der Waals surface area contributed by atoms with Gasteiger partial charge in [0.1, 0.15) is 11.5 Å². The van der Waals surface area contributed by atoms with Crippen molar-refractivity contribution in [2.75, 3.05) is 6.86 Å². The Bertz CT molecular complexity index is 563. The molecule has 2 nitrogen and oxygen atoms in total. The van der Waals surface area contributed by atoms with E-state index in [4.69, 9.17) is 4.74 Å². The molecule has 0 fully saturated rings. The maximum absolute atomic E-state index is 12.4. The van der Waals surface area contributed by atoms with Crippen LogP contribution in [0.1, 0.15) is 18.9 Å². The average molecular weight is 246 g/mol. The van der Waals surface area contributed by atoms with Crippen LogP contribution in [0, 0.1) is 0 Å². The van der Waals surface area contributed by atoms with Crippen molar-refractivity contribution < 1.29 is 13.9 Å². The number of carbonyl (C=O) groups excluding carboxylic acids is 1. The molecular formula is C15H15FO2. The Hall–Kier alpha value is -1.90. The van der Waals surface area contributed by atoms with Crippen LogP contribution in [0.15, 0.2) is 36.4 Å². The van der Waals surface area contributed by atoms with Gasteiger partial charge >= 0.3 is 0 Å². The molecule has 0 aromatic heterocycles. The highest BCUT2D eigenvalue weighted by atomic mass is 19.1. The summed E-state index contributed by atoms with van der Waals surface area (Å²) in [6.45, 7) is 0.701. The molecule has 0 atom stereocenters. The van der Waals surface area contributed by atoms with Crippen LogP contribution < -0.4 is 4.74 Å². The second-order valence-corrected chi connectivity index (χ2v) is 4.22. The number of rotatable bonds is 5. The number of carbonyl (C=O) groups is 1. The molecule has 2 aromatic rings. The van der Waals surface area contributed by atoms with Crippen molar-refractivity contribution >= 4 is 16.6 Å². The van der Waals surface area contributed by atoms with Gasteiger partial charge in [0.05, 0.1) is 0 Å². The van der Waals surface area contributed by atoms with Crippen LogP contribution in [0.2, 0.25) is 0 Å². The monoisotopic (exact) mass is 246 g/mol. The van der Waals surface area contributed by atoms with E-state index in [9.17, 15) is 9.18 Å². The number of fused-ring (bicyclic) bond motifs is 1. The zero-order valence-electron chi connectivity index (χ0n) is 10.3. The summed E-state index contributed by atoms with van der Waals surface area (Å²) >= 11 is 0. The van der Waals surface area contributed by atoms with Crippen LogP contribution in [0.25, 0.3) is 10.8 Å². The highest BCUT2D eigenvalue weighted by Crippen LogP contribution is 2.29. The predicted octanol–water partition coefficient (Wildman–Crippen LogP) is 3.67. The van der Waals surface area contributed by atoms with Crippen LogP contribution in [-0.4, -0.2) is 12.6 Å². The lowest BCUT2D eigenvalue weighted by atomic mass is 9.99. The molecule has 0 N–H and O–H groups in total. The van der Waals surface area contributed by atoms with Crippen molar-refractivity contribution in [2.45, 2.75) is 19.8 Å². The molecule has 94 valence electrons. The fourth-order valence-corrected chi connectivity index (χ4v) is 2.07. The maximum Gasteiger partial charge on any atom is 0.228 e. The Kier molecular flexibility index (Phi) is 3.92. The van der Waals surface area contributed by atoms with E-state index < -0.39 is 6.86 Å². The van der Waals surface area contributed by atoms with Gasteiger partial charge in [0.2, 0.25) is 6.86 Å². The first kappa shape index (κ1) is 12.6. The Balaban J connectivity index is 2.47. The Morgan fingerprint density at radius 2 is 2.00 bits per heavy atom. The molecule has 2 aromatic carbocycles. The van der Waals surface area contributed by atoms with E-state index in [0.717, 1.165) is 16.3 Å². The summed E-state index contributed by atoms with van der Waals surface area (Å²) < 4.78 is 17.4. The molecule has 0 amide bonds. The molecule has 0 saturated heterocycles. The van der Waals surface area contributed by atoms with E-state index in [1.165, 1.54) is 0 Å². The Labute approximate surface area is 105 Å². The van der Waals surface area contributed by atoms with Crippen LogP contribution in [-0.2, 0) is 11.2 Å². The number of alkyl halides is 1. The summed E-state index contributed by atoms with van der Waals surface area (Å²) in [5.74, 6) is 0.645. The standard InChI is InChI=1S/C15H15FO2/c1-11(17)6-8-14-13-5-3-2-4-12(13)7-9-15(14)18-10-16/h2-5,7,9H,6,8,10H2,1H3. The highest BCUT2D eigenvalue weighted by Gasteiger charge is 2.09. The molecule has 0 saturated carbocycles. The van der Waals surface area contributed by atoms with Crippen molar-refractivity contribution in [3.05, 3.63) is 42.0 Å². The first-order valence-corrected chi connectivity index (χ1v) is 5.91. The van der Waals surface area contributed by atoms with Gasteiger partial charge in [-0.05, 0) is 30.2 Å². The van der Waals surface area contributed by atoms with Gasteiger partial charge in [-0.3, -0.25) is 0 Å². The van der Waals surface area contributed by atoms with Crippen LogP contribution >= 0.6 is 0 Å². The van der Waals surface area contributed by atoms with Gasteiger partial charge in [-0.1, -0.05) is 30.3 Å². The number of ether oxygens (including phenoxy) is 1. The van der Waals surface area contributed by atoms with Crippen LogP contribution in [0.5, 0.6) is 5.75 Å². The van der Waals surface area contributed by atoms with Gasteiger partial charge in [-0.25, -0.2) is 4.39 Å². The predicted molar refractivity (Wildman–Crippen MR) is 69.6 cm³/mol. The average Bonchev–Trinajstić information content (AvgIpc) is 2.37. The maximum atomic E-state index is 12.4. The number of aryl methyl sites for hydroxylation is 1. The third-order valence-electron chi connectivity index (χ3n) is 2.93. The highest BCUT2D eigenvalue weighted by molar-refractivity contribution is 5.88. The smallest absolute Gasteiger partial charge is 0.228 e. The number of benzene rings is 2. The third-order valence-corrected chi connectivity index (χ3v) is 2.93. The minimum Gasteiger partial charge on any atom is -0.463 e. The fraction of sp³-hybridized carbons (Fsp3) is 0.267. The van der Waals surface area contributed by atoms with Gasteiger partial charge in [-0.2, -0.15) is 0 Å². The summed E-state index contributed by atoms with van der Waals surface area (Å²) in [7, 11) is 0. The molecule has 0 unspecified atom stereocenters. The molecule has 18 heavy (non-hydrogen) atoms. The minimum absolute atomic E-state index is 0.120. The van der Waals surface area contributed by atoms with Gasteiger partial charge in [0.15, 0.2) is 0 Å². The summed E-state index contributed by atoms with van der Waals surface area (Å²) in [5.41, 5.74) is 0.904. The second-order valence-electron chi connectivity index (χ2n) is 4.22. The van der Waals surface area contributed by atoms with Crippen molar-refractivity contribution in [3.63, 3.8) is 0 Å². The Morgan fingerprint density at radius 3 is 2.72 bits per heavy atom. The molecule has 3 heteroatoms. The van der Waals surface area contributed by atoms with Gasteiger partial charge in [0, 0.05) is 12.0 Å². The zero-order valence-corrected chi connectivity index (χ0v) is 10.3. The molecule has 0 aliphatic carbocycles. The summed E-state index contributed by atoms with van der Waals surface area (Å²) in [6.07, 6.45) is 1.02. The van der Waals surface area contributed by atoms with E-state index >= 15 is 0 Å². The van der Waals surface area contributed by atoms with Crippen molar-refractivity contribution in [1.29, 1.82) is 0 Å². The lowest BCUT2D eigenvalue weighted by Crippen LogP contribution is -2.00. The summed E-state index contributed by atoms with van der Waals surface area (Å²) in [6, 6.07) is 11.5. The SMILES string of the molecule is CC(=O)CCc1c(OCF)ccc2ccccc12. The van der Waals surface area contributed by atoms with E-state index in [1.807, 2.05) is 30.3 Å². The van der Waals surface area contributed by atoms with Crippen LogP contribution in [0.4, 0.5) is 4.39 Å². The minimum atomic E-state index is -0.856. The second kappa shape index (κ2) is 5.63. The summed E-state index contributed by atoms with van der Waals surface area (Å²) in [4.78, 5) is 11.1. The molecule has 0 radical (unpaired) electrons. The molecule has 0 aliphatic heterocycles. The van der Waals surface area contributed by atoms with Crippen molar-refractivity contribution in [2.24, 2.45) is 0 Å². The van der Waals surface area contributed by atoms with Gasteiger partial charge in [-0.15, -0.1) is 0 Å². The number of hydrogen-bond donors (Lipinski definition) is 0. The van der Waals surface area contributed by atoms with E-state index in [0.29, 0.717) is 18.6 Å². The largest absolute Gasteiger partial charge is 0.463 e. The topological polar surface area (TPSA) is 26.3 Å². The summed E-state index contributed by atoms with van der Waals surface area (Å²) in [5, 5.41) is 2.09. The molecular weight excluding hydrogens is 231 g/mol. The normalized spacial score (nSPS) is 10.6. The van der Waals surface area contributed by atoms with E-state index in [2.05, 4.69) is 0 Å². The lowest BCUT2D eigenvalue weighted by molar-refractivity contribution is -0.116. The molecule has 0 aliphatic rings. The van der Waals surface area contributed by atoms with Crippen molar-refractivity contribution in [1.82, 2.24) is 0 Å². The molecule has 0 spiro atoms. The van der Waals surface area contributed by atoms with E-state index in [1.54, 1.807) is 13.0 Å². The van der Waals surface area contributed by atoms with Gasteiger partial charge < -0.3 is 9.53 Å². The first-order chi connectivity index (χ1) is 8.72. The molecule has 2 rings (SSSR count). The van der Waals surface area contributed by atoms with Gasteiger partial charge in [0.25, 0.3) is 0 Å². The lowest BCUT2D eigenvalue weighted by Gasteiger charge is -2.12. The number of ketones is 1. The number of hydrogen-bond acceptors (Lipinski definition) is 2. The fourth-order valence-electron chi connectivity index (χ4n) is 2.07.